The highest BCUT2D eigenvalue weighted by molar-refractivity contribution is 8.01. The smallest absolute Gasteiger partial charge is 0.408 e. The number of alkyl carbamates (subject to hydrolysis) is 1. The third kappa shape index (κ3) is 5.57. The van der Waals surface area contributed by atoms with Gasteiger partial charge in [0, 0.05) is 6.07 Å². The van der Waals surface area contributed by atoms with Crippen LogP contribution in [0.4, 0.5) is 10.6 Å². The molecule has 11 nitrogen and oxygen atoms in total. The number of fused-ring (bicyclic) bond motifs is 2. The van der Waals surface area contributed by atoms with Crippen LogP contribution in [-0.2, 0) is 30.4 Å². The lowest BCUT2D eigenvalue weighted by Gasteiger charge is -2.51. The molecule has 1 fully saturated rings. The molecule has 3 aromatic rings. The number of benzene rings is 2. The van der Waals surface area contributed by atoms with Gasteiger partial charge in [-0.3, -0.25) is 9.69 Å². The second-order valence-corrected chi connectivity index (χ2v) is 13.3. The van der Waals surface area contributed by atoms with Gasteiger partial charge in [-0.15, -0.1) is 11.8 Å². The van der Waals surface area contributed by atoms with Crippen molar-refractivity contribution in [1.29, 1.82) is 0 Å². The van der Waals surface area contributed by atoms with Crippen molar-refractivity contribution in [1.82, 2.24) is 14.9 Å². The van der Waals surface area contributed by atoms with Gasteiger partial charge in [-0.05, 0) is 38.8 Å². The molecule has 0 bridgehead atoms. The zero-order chi connectivity index (χ0) is 31.2. The number of hydrogen-bond donors (Lipinski definition) is 2. The van der Waals surface area contributed by atoms with Gasteiger partial charge in [0.15, 0.2) is 11.8 Å². The van der Waals surface area contributed by atoms with Crippen molar-refractivity contribution in [3.05, 3.63) is 89.8 Å². The summed E-state index contributed by atoms with van der Waals surface area (Å²) in [6.45, 7) is 7.58. The molecule has 0 radical (unpaired) electrons. The molecular formula is C32H34N5O6S+. The van der Waals surface area contributed by atoms with Crippen molar-refractivity contribution >= 4 is 47.2 Å². The third-order valence-corrected chi connectivity index (χ3v) is 8.92. The molecular weight excluding hydrogens is 582 g/mol. The Bertz CT molecular complexity index is 1610. The minimum absolute atomic E-state index is 0.0909. The molecule has 4 heterocycles. The molecule has 3 aliphatic rings. The number of nitrogens with zero attached hydrogens (tertiary/aromatic N) is 3. The molecule has 3 aliphatic heterocycles. The topological polar surface area (TPSA) is 123 Å². The number of rotatable bonds is 6. The monoisotopic (exact) mass is 616 g/mol. The maximum absolute atomic E-state index is 14.4. The van der Waals surface area contributed by atoms with Crippen molar-refractivity contribution in [2.45, 2.75) is 69.0 Å². The van der Waals surface area contributed by atoms with Crippen molar-refractivity contribution in [3.63, 3.8) is 0 Å². The maximum atomic E-state index is 14.4. The van der Waals surface area contributed by atoms with Crippen LogP contribution < -0.4 is 15.3 Å². The highest BCUT2D eigenvalue weighted by Crippen LogP contribution is 2.46. The van der Waals surface area contributed by atoms with Crippen molar-refractivity contribution in [3.8, 4) is 0 Å². The number of ether oxygens (including phenoxy) is 2. The van der Waals surface area contributed by atoms with Crippen molar-refractivity contribution in [2.24, 2.45) is 0 Å². The van der Waals surface area contributed by atoms with E-state index in [4.69, 9.17) is 9.47 Å². The number of aromatic nitrogens is 2. The summed E-state index contributed by atoms with van der Waals surface area (Å²) in [6, 6.07) is 19.7. The van der Waals surface area contributed by atoms with Crippen molar-refractivity contribution < 1.29 is 33.3 Å². The summed E-state index contributed by atoms with van der Waals surface area (Å²) in [7, 11) is 0. The van der Waals surface area contributed by atoms with Crippen LogP contribution in [0, 0.1) is 0 Å². The molecule has 1 aromatic heterocycles. The van der Waals surface area contributed by atoms with Gasteiger partial charge in [0.1, 0.15) is 29.3 Å². The summed E-state index contributed by atoms with van der Waals surface area (Å²) in [5, 5.41) is 4.69. The first-order chi connectivity index (χ1) is 21.0. The second kappa shape index (κ2) is 11.5. The number of anilines is 1. The van der Waals surface area contributed by atoms with Crippen LogP contribution in [0.5, 0.6) is 0 Å². The quantitative estimate of drug-likeness (QED) is 0.245. The first kappa shape index (κ1) is 29.5. The highest BCUT2D eigenvalue weighted by atomic mass is 32.2. The zero-order valence-electron chi connectivity index (χ0n) is 24.9. The average molecular weight is 617 g/mol. The lowest BCUT2D eigenvalue weighted by atomic mass is 10.0. The minimum Gasteiger partial charge on any atom is -0.448 e. The summed E-state index contributed by atoms with van der Waals surface area (Å²) < 4.78 is 15.4. The van der Waals surface area contributed by atoms with Crippen LogP contribution in [0.2, 0.25) is 0 Å². The molecule has 1 saturated heterocycles. The number of amides is 3. The Morgan fingerprint density at radius 1 is 1.02 bits per heavy atom. The summed E-state index contributed by atoms with van der Waals surface area (Å²) in [5.41, 5.74) is 1.45. The molecule has 2 N–H and O–H groups in total. The van der Waals surface area contributed by atoms with Gasteiger partial charge in [0.25, 0.3) is 5.91 Å². The van der Waals surface area contributed by atoms with Gasteiger partial charge < -0.3 is 14.8 Å². The van der Waals surface area contributed by atoms with Gasteiger partial charge in [0.05, 0.1) is 17.9 Å². The Labute approximate surface area is 259 Å². The lowest BCUT2D eigenvalue weighted by molar-refractivity contribution is -0.753. The van der Waals surface area contributed by atoms with E-state index in [1.165, 1.54) is 16.7 Å². The van der Waals surface area contributed by atoms with Crippen LogP contribution in [-0.4, -0.2) is 55.7 Å². The molecule has 1 unspecified atom stereocenters. The van der Waals surface area contributed by atoms with Crippen LogP contribution >= 0.6 is 11.8 Å². The van der Waals surface area contributed by atoms with E-state index in [1.54, 1.807) is 37.7 Å². The minimum atomic E-state index is -0.883. The summed E-state index contributed by atoms with van der Waals surface area (Å²) >= 11 is 1.45. The summed E-state index contributed by atoms with van der Waals surface area (Å²) in [4.78, 5) is 54.2. The first-order valence-electron chi connectivity index (χ1n) is 14.5. The summed E-state index contributed by atoms with van der Waals surface area (Å²) in [5.74, 6) is -0.626. The number of β-lactam (4-membered cyclic amide) rings is 1. The SMILES string of the molecule is CC1S[C@@H]2[C@H](NC(=O)OC(C)(C)C)C(=O)N2C(C(=O)OC(c2ccccc2)c2ccccc2)=C1n1ccc2[n+]1CCC(=O)N2. The summed E-state index contributed by atoms with van der Waals surface area (Å²) in [6.07, 6.45) is 0.599. The number of nitrogens with one attached hydrogen (secondary N) is 2. The van der Waals surface area contributed by atoms with Crippen LogP contribution in [0.15, 0.2) is 78.6 Å². The third-order valence-electron chi connectivity index (χ3n) is 7.53. The molecule has 6 rings (SSSR count). The fraction of sp³-hybridized carbons (Fsp3) is 0.344. The molecule has 0 saturated carbocycles. The van der Waals surface area contributed by atoms with E-state index in [2.05, 4.69) is 10.6 Å². The van der Waals surface area contributed by atoms with E-state index < -0.39 is 41.1 Å². The van der Waals surface area contributed by atoms with E-state index in [0.29, 0.717) is 18.1 Å². The number of carbonyl (C=O) groups excluding carboxylic acids is 4. The van der Waals surface area contributed by atoms with E-state index in [9.17, 15) is 19.2 Å². The number of thioether (sulfide) groups is 1. The molecule has 12 heteroatoms. The largest absolute Gasteiger partial charge is 0.448 e. The molecule has 228 valence electrons. The first-order valence-corrected chi connectivity index (χ1v) is 15.4. The van der Waals surface area contributed by atoms with E-state index in [0.717, 1.165) is 11.1 Å². The highest BCUT2D eigenvalue weighted by Gasteiger charge is 2.57. The Morgan fingerprint density at radius 2 is 1.66 bits per heavy atom. The zero-order valence-corrected chi connectivity index (χ0v) is 25.7. The number of hydrogen-bond acceptors (Lipinski definition) is 7. The van der Waals surface area contributed by atoms with E-state index in [-0.39, 0.29) is 23.3 Å². The Hall–Kier alpha value is -4.58. The maximum Gasteiger partial charge on any atom is 0.408 e. The van der Waals surface area contributed by atoms with Gasteiger partial charge >= 0.3 is 23.8 Å². The molecule has 3 amide bonds. The van der Waals surface area contributed by atoms with Gasteiger partial charge in [-0.2, -0.15) is 9.36 Å². The predicted molar refractivity (Wildman–Crippen MR) is 163 cm³/mol. The number of carbonyl (C=O) groups is 4. The van der Waals surface area contributed by atoms with E-state index >= 15 is 0 Å². The average Bonchev–Trinajstić information content (AvgIpc) is 3.40. The van der Waals surface area contributed by atoms with Crippen LogP contribution in [0.1, 0.15) is 51.3 Å². The Kier molecular flexibility index (Phi) is 7.70. The molecule has 0 spiro atoms. The van der Waals surface area contributed by atoms with Gasteiger partial charge in [0.2, 0.25) is 0 Å². The lowest BCUT2D eigenvalue weighted by Crippen LogP contribution is -2.71. The normalized spacial score (nSPS) is 21.2. The van der Waals surface area contributed by atoms with Crippen LogP contribution in [0.3, 0.4) is 0 Å². The Balaban J connectivity index is 1.41. The van der Waals surface area contributed by atoms with E-state index in [1.807, 2.05) is 72.3 Å². The molecule has 3 atom stereocenters. The predicted octanol–water partition coefficient (Wildman–Crippen LogP) is 3.82. The fourth-order valence-electron chi connectivity index (χ4n) is 5.62. The molecule has 44 heavy (non-hydrogen) atoms. The second-order valence-electron chi connectivity index (χ2n) is 11.8. The van der Waals surface area contributed by atoms with Gasteiger partial charge in [-0.1, -0.05) is 60.7 Å². The standard InChI is InChI=1S/C32H33N5O6S/c1-19-25(36-17-15-22-33-23(38)16-18-35(22)36)26(37-28(39)24(29(37)44-19)34-31(41)43-32(2,3)4)30(40)42-27(20-11-7-5-8-12-20)21-13-9-6-10-14-21/h5-15,17,19,24,27,29H,16,18H2,1-4H3,(H,34,41)/p+1/t19?,24-,29-/m1/s1. The van der Waals surface area contributed by atoms with Crippen molar-refractivity contribution in [2.75, 3.05) is 5.32 Å². The fourth-order valence-corrected chi connectivity index (χ4v) is 7.06. The molecule has 2 aromatic carbocycles. The van der Waals surface area contributed by atoms with Gasteiger partial charge in [-0.25, -0.2) is 19.7 Å². The number of esters is 1. The van der Waals surface area contributed by atoms with Crippen LogP contribution in [0.25, 0.3) is 5.70 Å². The Morgan fingerprint density at radius 3 is 2.27 bits per heavy atom. The molecule has 0 aliphatic carbocycles.